The van der Waals surface area contributed by atoms with Crippen LogP contribution < -0.4 is 15.4 Å². The van der Waals surface area contributed by atoms with Gasteiger partial charge in [-0.25, -0.2) is 4.79 Å². The Balaban J connectivity index is 2.30. The molecule has 0 spiro atoms. The number of hydrogen-bond donors (Lipinski definition) is 3. The smallest absolute Gasteiger partial charge is 0.478 e. The van der Waals surface area contributed by atoms with Gasteiger partial charge in [0.1, 0.15) is 5.75 Å². The summed E-state index contributed by atoms with van der Waals surface area (Å²) in [6.07, 6.45) is 23.0. The van der Waals surface area contributed by atoms with Crippen LogP contribution in [0.25, 0.3) is 0 Å². The van der Waals surface area contributed by atoms with E-state index >= 15 is 0 Å². The monoisotopic (exact) mass is 604 g/mol. The number of nitrogens with one attached hydrogen (secondary N) is 2. The molecule has 0 radical (unpaired) electrons. The van der Waals surface area contributed by atoms with Crippen LogP contribution in [0.4, 0.5) is 0 Å². The van der Waals surface area contributed by atoms with Crippen molar-refractivity contribution in [2.24, 2.45) is 0 Å². The number of unbranched alkanes of at least 4 members (excludes halogenated alkanes) is 1. The molecule has 0 atom stereocenters. The summed E-state index contributed by atoms with van der Waals surface area (Å²) in [5.74, 6) is -3.42. The van der Waals surface area contributed by atoms with E-state index in [1.165, 1.54) is 24.3 Å². The molecule has 2 amide bonds. The van der Waals surface area contributed by atoms with Crippen molar-refractivity contribution < 1.29 is 47.1 Å². The van der Waals surface area contributed by atoms with Crippen molar-refractivity contribution in [3.63, 3.8) is 0 Å². The Morgan fingerprint density at radius 1 is 0.837 bits per heavy atom. The number of benzene rings is 2. The van der Waals surface area contributed by atoms with Gasteiger partial charge < -0.3 is 33.8 Å². The van der Waals surface area contributed by atoms with Crippen LogP contribution in [0.1, 0.15) is 73.2 Å². The van der Waals surface area contributed by atoms with Crippen molar-refractivity contribution in [1.82, 2.24) is 10.6 Å². The third-order valence-corrected chi connectivity index (χ3v) is 8.08. The van der Waals surface area contributed by atoms with Gasteiger partial charge in [-0.15, -0.1) is 0 Å². The topological polar surface area (TPSA) is 167 Å². The third-order valence-electron chi connectivity index (χ3n) is 5.82. The Morgan fingerprint density at radius 3 is 1.91 bits per heavy atom. The summed E-state index contributed by atoms with van der Waals surface area (Å²) >= 11 is 0. The van der Waals surface area contributed by atoms with Crippen LogP contribution in [0, 0.1) is 37.6 Å². The Morgan fingerprint density at radius 2 is 1.37 bits per heavy atom. The standard InChI is InChI=1S/C30H28N2O10Si/c1-5-9-15-31-29(36)25-19-22(12-14-26(25)39-20-33)27(34)21-11-13-23(30(37)38)24(18-21)28(35)32-16-10-17-43(40-6-2,41-7-3)42-8-4/h2-4,11-14,18-20H,5,9-10,15-17H2,1H3,(H,31,36)(H,32,35)(H,37,38). The van der Waals surface area contributed by atoms with Crippen molar-refractivity contribution in [3.05, 3.63) is 64.2 Å². The Labute approximate surface area is 249 Å². The highest BCUT2D eigenvalue weighted by atomic mass is 28.4. The Hall–Kier alpha value is -5.71. The van der Waals surface area contributed by atoms with Gasteiger partial charge in [-0.05, 0) is 43.2 Å². The average Bonchev–Trinajstić information content (AvgIpc) is 2.99. The molecule has 0 aliphatic heterocycles. The minimum absolute atomic E-state index is 0.0185. The summed E-state index contributed by atoms with van der Waals surface area (Å²) in [6.45, 7) is 2.46. The first-order valence-electron chi connectivity index (χ1n) is 12.8. The maximum atomic E-state index is 13.4. The van der Waals surface area contributed by atoms with Crippen molar-refractivity contribution in [2.75, 3.05) is 13.1 Å². The maximum Gasteiger partial charge on any atom is 0.725 e. The number of carbonyl (C=O) groups excluding carboxylic acids is 4. The van der Waals surface area contributed by atoms with Crippen LogP contribution in [0.2, 0.25) is 6.04 Å². The van der Waals surface area contributed by atoms with E-state index in [0.29, 0.717) is 13.0 Å². The van der Waals surface area contributed by atoms with E-state index in [4.69, 9.17) is 37.3 Å². The van der Waals surface area contributed by atoms with Crippen LogP contribution in [0.3, 0.4) is 0 Å². The minimum atomic E-state index is -3.62. The van der Waals surface area contributed by atoms with Crippen LogP contribution in [-0.2, 0) is 18.1 Å². The van der Waals surface area contributed by atoms with Gasteiger partial charge in [-0.2, -0.15) is 0 Å². The minimum Gasteiger partial charge on any atom is -0.478 e. The van der Waals surface area contributed by atoms with Crippen molar-refractivity contribution in [1.29, 1.82) is 0 Å². The molecule has 0 bridgehead atoms. The number of carboxylic acids is 1. The fourth-order valence-corrected chi connectivity index (χ4v) is 5.37. The molecule has 0 aliphatic carbocycles. The normalized spacial score (nSPS) is 10.1. The van der Waals surface area contributed by atoms with Crippen LogP contribution in [0.15, 0.2) is 36.4 Å². The molecule has 13 heteroatoms. The van der Waals surface area contributed by atoms with Crippen LogP contribution in [-0.4, -0.2) is 57.0 Å². The molecular weight excluding hydrogens is 576 g/mol. The largest absolute Gasteiger partial charge is 0.725 e. The zero-order chi connectivity index (χ0) is 31.8. The van der Waals surface area contributed by atoms with Gasteiger partial charge in [-0.1, -0.05) is 38.7 Å². The van der Waals surface area contributed by atoms with Crippen molar-refractivity contribution in [3.8, 4) is 43.3 Å². The van der Waals surface area contributed by atoms with E-state index in [1.54, 1.807) is 0 Å². The number of ketones is 1. The second-order valence-electron chi connectivity index (χ2n) is 8.63. The molecule has 0 heterocycles. The van der Waals surface area contributed by atoms with E-state index in [1.807, 2.05) is 25.2 Å². The highest BCUT2D eigenvalue weighted by Gasteiger charge is 2.48. The highest BCUT2D eigenvalue weighted by Crippen LogP contribution is 2.23. The molecule has 43 heavy (non-hydrogen) atoms. The van der Waals surface area contributed by atoms with Crippen molar-refractivity contribution in [2.45, 2.75) is 32.2 Å². The lowest BCUT2D eigenvalue weighted by molar-refractivity contribution is -0.120. The zero-order valence-corrected chi connectivity index (χ0v) is 24.1. The molecule has 0 saturated heterocycles. The van der Waals surface area contributed by atoms with Crippen LogP contribution >= 0.6 is 0 Å². The SMILES string of the molecule is C#CO[Si](CCCNC(=O)c1cc(C(=O)c2ccc(OC=O)c(C(=O)NCCCC)c2)ccc1C(=O)O)(OC#C)OC#C. The molecule has 222 valence electrons. The number of carbonyl (C=O) groups is 5. The summed E-state index contributed by atoms with van der Waals surface area (Å²) in [4.78, 5) is 61.8. The molecule has 0 aliphatic rings. The van der Waals surface area contributed by atoms with Gasteiger partial charge in [-0.3, -0.25) is 19.2 Å². The van der Waals surface area contributed by atoms with Gasteiger partial charge in [0, 0.05) is 24.2 Å². The zero-order valence-electron chi connectivity index (χ0n) is 23.1. The summed E-state index contributed by atoms with van der Waals surface area (Å²) in [7, 11) is -3.62. The number of carboxylic acid groups (broad SMARTS) is 1. The number of terminal acetylenes is 3. The van der Waals surface area contributed by atoms with E-state index in [2.05, 4.69) is 10.6 Å². The fourth-order valence-electron chi connectivity index (χ4n) is 3.79. The first-order valence-corrected chi connectivity index (χ1v) is 14.7. The van der Waals surface area contributed by atoms with E-state index in [-0.39, 0.29) is 59.0 Å². The molecule has 2 aromatic carbocycles. The quantitative estimate of drug-likeness (QED) is 0.0803. The fraction of sp³-hybridized carbons (Fsp3) is 0.233. The van der Waals surface area contributed by atoms with Crippen molar-refractivity contribution >= 4 is 38.8 Å². The van der Waals surface area contributed by atoms with Crippen LogP contribution in [0.5, 0.6) is 5.75 Å². The molecule has 2 rings (SSSR count). The number of amides is 2. The van der Waals surface area contributed by atoms with Gasteiger partial charge in [0.2, 0.25) is 0 Å². The number of hydrogen-bond acceptors (Lipinski definition) is 9. The predicted molar refractivity (Wildman–Crippen MR) is 154 cm³/mol. The number of aromatic carboxylic acids is 1. The summed E-state index contributed by atoms with van der Waals surface area (Å²) in [5.41, 5.74) is -0.698. The van der Waals surface area contributed by atoms with Gasteiger partial charge >= 0.3 is 14.8 Å². The highest BCUT2D eigenvalue weighted by molar-refractivity contribution is 6.61. The third kappa shape index (κ3) is 9.15. The van der Waals surface area contributed by atoms with Gasteiger partial charge in [0.15, 0.2) is 5.78 Å². The van der Waals surface area contributed by atoms with E-state index in [0.717, 1.165) is 18.6 Å². The maximum absolute atomic E-state index is 13.4. The summed E-state index contributed by atoms with van der Waals surface area (Å²) in [6, 6.07) is 7.38. The second-order valence-corrected chi connectivity index (χ2v) is 11.1. The van der Waals surface area contributed by atoms with Gasteiger partial charge in [0.05, 0.1) is 41.1 Å². The Kier molecular flexibility index (Phi) is 12.9. The summed E-state index contributed by atoms with van der Waals surface area (Å²) < 4.78 is 20.1. The molecule has 3 N–H and O–H groups in total. The lowest BCUT2D eigenvalue weighted by atomic mass is 9.96. The Bertz CT molecular complexity index is 1460. The molecule has 0 fully saturated rings. The first-order chi connectivity index (χ1) is 20.7. The lowest BCUT2D eigenvalue weighted by Gasteiger charge is -2.20. The first kappa shape index (κ1) is 33.5. The molecule has 0 saturated carbocycles. The summed E-state index contributed by atoms with van der Waals surface area (Å²) in [5, 5.41) is 14.9. The molecule has 2 aromatic rings. The predicted octanol–water partition coefficient (Wildman–Crippen LogP) is 2.56. The lowest BCUT2D eigenvalue weighted by Crippen LogP contribution is -2.42. The molecular formula is C30H28N2O10Si. The molecule has 0 aromatic heterocycles. The number of ether oxygens (including phenoxy) is 1. The van der Waals surface area contributed by atoms with E-state index < -0.39 is 32.4 Å². The molecule has 12 nitrogen and oxygen atoms in total. The second kappa shape index (κ2) is 16.5. The number of rotatable bonds is 17. The molecule has 0 unspecified atom stereocenters. The van der Waals surface area contributed by atoms with Gasteiger partial charge in [0.25, 0.3) is 18.3 Å². The van der Waals surface area contributed by atoms with E-state index in [9.17, 15) is 29.1 Å². The average molecular weight is 605 g/mol.